The maximum Gasteiger partial charge on any atom is 0.236 e. The number of aromatic nitrogens is 3. The average molecular weight is 420 g/mol. The number of aryl methyl sites for hydroxylation is 1. The Balaban J connectivity index is 1.42. The molecule has 2 heterocycles. The van der Waals surface area contributed by atoms with E-state index in [1.165, 1.54) is 6.33 Å². The van der Waals surface area contributed by atoms with Gasteiger partial charge in [-0.1, -0.05) is 29.8 Å². The van der Waals surface area contributed by atoms with Gasteiger partial charge in [0, 0.05) is 24.1 Å². The van der Waals surface area contributed by atoms with Crippen molar-refractivity contribution in [2.75, 3.05) is 4.72 Å². The fourth-order valence-electron chi connectivity index (χ4n) is 2.96. The van der Waals surface area contributed by atoms with Crippen LogP contribution < -0.4 is 9.46 Å². The van der Waals surface area contributed by atoms with Crippen molar-refractivity contribution in [1.29, 1.82) is 0 Å². The van der Waals surface area contributed by atoms with Crippen LogP contribution in [0.2, 0.25) is 0 Å². The largest absolute Gasteiger partial charge is 0.439 e. The summed E-state index contributed by atoms with van der Waals surface area (Å²) >= 11 is 0. The molecule has 0 aliphatic heterocycles. The molecule has 4 rings (SSSR count). The van der Waals surface area contributed by atoms with E-state index in [-0.39, 0.29) is 5.75 Å². The van der Waals surface area contributed by atoms with E-state index in [9.17, 15) is 8.42 Å². The molecule has 0 saturated heterocycles. The third-order valence-corrected chi connectivity index (χ3v) is 5.55. The molecule has 0 spiro atoms. The molecule has 8 heteroatoms. The first-order chi connectivity index (χ1) is 14.5. The third kappa shape index (κ3) is 5.03. The van der Waals surface area contributed by atoms with Crippen LogP contribution in [0.4, 0.5) is 5.69 Å². The Hall–Kier alpha value is -3.65. The highest BCUT2D eigenvalue weighted by molar-refractivity contribution is 7.91. The minimum atomic E-state index is -3.52. The van der Waals surface area contributed by atoms with Gasteiger partial charge in [0.1, 0.15) is 17.9 Å². The van der Waals surface area contributed by atoms with Gasteiger partial charge in [-0.2, -0.15) is 0 Å². The molecule has 0 aliphatic rings. The number of anilines is 1. The van der Waals surface area contributed by atoms with Gasteiger partial charge in [0.05, 0.1) is 5.75 Å². The zero-order valence-corrected chi connectivity index (χ0v) is 17.1. The molecular weight excluding hydrogens is 400 g/mol. The standard InChI is InChI=1S/C22H20N4O3S/c1-17-5-4-6-18(13-17)15-30(27,28)25-19-7-9-20(10-8-19)29-22-14-21(23-16-24-22)26-11-2-3-12-26/h2-14,16,25H,15H2,1H3. The van der Waals surface area contributed by atoms with Crippen LogP contribution in [0.3, 0.4) is 0 Å². The lowest BCUT2D eigenvalue weighted by Gasteiger charge is -2.10. The van der Waals surface area contributed by atoms with Crippen molar-refractivity contribution in [3.05, 3.63) is 96.6 Å². The van der Waals surface area contributed by atoms with E-state index < -0.39 is 10.0 Å². The number of nitrogens with zero attached hydrogens (tertiary/aromatic N) is 3. The number of nitrogens with one attached hydrogen (secondary N) is 1. The molecule has 152 valence electrons. The lowest BCUT2D eigenvalue weighted by molar-refractivity contribution is 0.461. The first-order valence-electron chi connectivity index (χ1n) is 9.26. The van der Waals surface area contributed by atoms with E-state index in [0.29, 0.717) is 23.1 Å². The molecular formula is C22H20N4O3S. The average Bonchev–Trinajstić information content (AvgIpc) is 3.24. The Kier molecular flexibility index (Phi) is 5.49. The van der Waals surface area contributed by atoms with Gasteiger partial charge in [0.25, 0.3) is 0 Å². The quantitative estimate of drug-likeness (QED) is 0.481. The van der Waals surface area contributed by atoms with E-state index >= 15 is 0 Å². The summed E-state index contributed by atoms with van der Waals surface area (Å²) in [6, 6.07) is 19.6. The maximum absolute atomic E-state index is 12.4. The van der Waals surface area contributed by atoms with Gasteiger partial charge in [0.15, 0.2) is 0 Å². The predicted molar refractivity (Wildman–Crippen MR) is 115 cm³/mol. The Labute approximate surface area is 175 Å². The minimum absolute atomic E-state index is 0.0873. The molecule has 0 unspecified atom stereocenters. The first-order valence-corrected chi connectivity index (χ1v) is 10.9. The van der Waals surface area contributed by atoms with Crippen molar-refractivity contribution in [1.82, 2.24) is 14.5 Å². The molecule has 4 aromatic rings. The molecule has 0 aliphatic carbocycles. The highest BCUT2D eigenvalue weighted by Crippen LogP contribution is 2.23. The fourth-order valence-corrected chi connectivity index (χ4v) is 4.15. The first kappa shape index (κ1) is 19.7. The van der Waals surface area contributed by atoms with Gasteiger partial charge in [-0.25, -0.2) is 18.4 Å². The van der Waals surface area contributed by atoms with Crippen LogP contribution in [-0.2, 0) is 15.8 Å². The van der Waals surface area contributed by atoms with Crippen molar-refractivity contribution in [2.45, 2.75) is 12.7 Å². The summed E-state index contributed by atoms with van der Waals surface area (Å²) in [5.74, 6) is 1.52. The SMILES string of the molecule is Cc1cccc(CS(=O)(=O)Nc2ccc(Oc3cc(-n4cccc4)ncn3)cc2)c1. The van der Waals surface area contributed by atoms with Gasteiger partial charge in [-0.15, -0.1) is 0 Å². The van der Waals surface area contributed by atoms with E-state index in [4.69, 9.17) is 4.74 Å². The summed E-state index contributed by atoms with van der Waals surface area (Å²) in [6.07, 6.45) is 5.19. The number of sulfonamides is 1. The van der Waals surface area contributed by atoms with Crippen molar-refractivity contribution in [2.24, 2.45) is 0 Å². The second kappa shape index (κ2) is 8.38. The number of hydrogen-bond acceptors (Lipinski definition) is 5. The monoisotopic (exact) mass is 420 g/mol. The van der Waals surface area contributed by atoms with Crippen molar-refractivity contribution in [3.63, 3.8) is 0 Å². The third-order valence-electron chi connectivity index (χ3n) is 4.29. The molecule has 2 aromatic carbocycles. The summed E-state index contributed by atoms with van der Waals surface area (Å²) in [5, 5.41) is 0. The van der Waals surface area contributed by atoms with Gasteiger partial charge >= 0.3 is 0 Å². The Morgan fingerprint density at radius 3 is 2.47 bits per heavy atom. The second-order valence-electron chi connectivity index (χ2n) is 6.78. The normalized spacial score (nSPS) is 11.2. The number of hydrogen-bond donors (Lipinski definition) is 1. The minimum Gasteiger partial charge on any atom is -0.439 e. The molecule has 0 radical (unpaired) electrons. The zero-order chi connectivity index (χ0) is 21.0. The summed E-state index contributed by atoms with van der Waals surface area (Å²) in [5.41, 5.74) is 2.23. The number of benzene rings is 2. The van der Waals surface area contributed by atoms with E-state index in [1.807, 2.05) is 54.2 Å². The topological polar surface area (TPSA) is 86.1 Å². The lowest BCUT2D eigenvalue weighted by Crippen LogP contribution is -2.15. The van der Waals surface area contributed by atoms with Crippen LogP contribution >= 0.6 is 0 Å². The molecule has 1 N–H and O–H groups in total. The zero-order valence-electron chi connectivity index (χ0n) is 16.3. The van der Waals surface area contributed by atoms with Crippen LogP contribution in [0.5, 0.6) is 11.6 Å². The van der Waals surface area contributed by atoms with Crippen molar-refractivity contribution < 1.29 is 13.2 Å². The van der Waals surface area contributed by atoms with Crippen molar-refractivity contribution in [3.8, 4) is 17.4 Å². The predicted octanol–water partition coefficient (Wildman–Crippen LogP) is 4.31. The smallest absolute Gasteiger partial charge is 0.236 e. The highest BCUT2D eigenvalue weighted by atomic mass is 32.2. The fraction of sp³-hybridized carbons (Fsp3) is 0.0909. The van der Waals surface area contributed by atoms with Gasteiger partial charge in [-0.3, -0.25) is 4.72 Å². The van der Waals surface area contributed by atoms with E-state index in [0.717, 1.165) is 11.1 Å². The van der Waals surface area contributed by atoms with Crippen LogP contribution in [0.25, 0.3) is 5.82 Å². The summed E-state index contributed by atoms with van der Waals surface area (Å²) < 4.78 is 35.1. The summed E-state index contributed by atoms with van der Waals surface area (Å²) in [7, 11) is -3.52. The van der Waals surface area contributed by atoms with Crippen LogP contribution in [0.1, 0.15) is 11.1 Å². The Morgan fingerprint density at radius 1 is 0.967 bits per heavy atom. The van der Waals surface area contributed by atoms with Gasteiger partial charge in [0.2, 0.25) is 15.9 Å². The molecule has 7 nitrogen and oxygen atoms in total. The summed E-state index contributed by atoms with van der Waals surface area (Å²) in [6.45, 7) is 1.93. The van der Waals surface area contributed by atoms with Crippen LogP contribution in [0.15, 0.2) is 85.5 Å². The highest BCUT2D eigenvalue weighted by Gasteiger charge is 2.12. The molecule has 0 fully saturated rings. The van der Waals surface area contributed by atoms with Crippen LogP contribution in [-0.4, -0.2) is 23.0 Å². The van der Waals surface area contributed by atoms with Gasteiger partial charge in [-0.05, 0) is 48.9 Å². The second-order valence-corrected chi connectivity index (χ2v) is 8.50. The Morgan fingerprint density at radius 2 is 1.73 bits per heavy atom. The number of rotatable bonds is 7. The van der Waals surface area contributed by atoms with E-state index in [2.05, 4.69) is 14.7 Å². The molecule has 30 heavy (non-hydrogen) atoms. The van der Waals surface area contributed by atoms with Crippen molar-refractivity contribution >= 4 is 15.7 Å². The molecule has 2 aromatic heterocycles. The molecule has 0 atom stereocenters. The molecule has 0 amide bonds. The summed E-state index contributed by atoms with van der Waals surface area (Å²) in [4.78, 5) is 8.33. The van der Waals surface area contributed by atoms with E-state index in [1.54, 1.807) is 36.4 Å². The van der Waals surface area contributed by atoms with Gasteiger partial charge < -0.3 is 9.30 Å². The molecule has 0 saturated carbocycles. The Bertz CT molecular complexity index is 1240. The maximum atomic E-state index is 12.4. The van der Waals surface area contributed by atoms with Crippen LogP contribution in [0, 0.1) is 6.92 Å². The lowest BCUT2D eigenvalue weighted by atomic mass is 10.2. The molecule has 0 bridgehead atoms. The number of ether oxygens (including phenoxy) is 1.